The molecule has 13 nitrogen and oxygen atoms in total. The number of amides is 3. The van der Waals surface area contributed by atoms with Crippen molar-refractivity contribution in [1.82, 2.24) is 16.0 Å². The Kier molecular flexibility index (Phi) is 13.8. The summed E-state index contributed by atoms with van der Waals surface area (Å²) in [6.45, 7) is 3.84. The Bertz CT molecular complexity index is 954. The summed E-state index contributed by atoms with van der Waals surface area (Å²) in [5, 5.41) is 35.3. The standard InChI is InChI=1S/C25H39N5O8/c1-14(2)21(27)24(36)30-19(13-15-6-8-16(31)9-7-15)23(35)28-17(5-3-4-12-26)22(34)29-18(25(37)38)10-11-20(32)33/h6-9,14,17-19,21,31H,3-5,10-13,26-27H2,1-2H3,(H,28,35)(H,29,34)(H,30,36)(H,32,33)(H,37,38). The third-order valence-corrected chi connectivity index (χ3v) is 5.87. The molecule has 0 aliphatic carbocycles. The van der Waals surface area contributed by atoms with E-state index in [4.69, 9.17) is 16.6 Å². The number of nitrogens with one attached hydrogen (secondary N) is 3. The van der Waals surface area contributed by atoms with E-state index in [0.29, 0.717) is 24.9 Å². The Morgan fingerprint density at radius 1 is 0.816 bits per heavy atom. The predicted molar refractivity (Wildman–Crippen MR) is 138 cm³/mol. The quantitative estimate of drug-likeness (QED) is 0.118. The Morgan fingerprint density at radius 2 is 1.37 bits per heavy atom. The van der Waals surface area contributed by atoms with E-state index in [-0.39, 0.29) is 30.9 Å². The zero-order chi connectivity index (χ0) is 28.8. The highest BCUT2D eigenvalue weighted by Gasteiger charge is 2.31. The summed E-state index contributed by atoms with van der Waals surface area (Å²) in [4.78, 5) is 61.3. The number of phenolic OH excluding ortho intramolecular Hbond substituents is 1. The third-order valence-electron chi connectivity index (χ3n) is 5.87. The van der Waals surface area contributed by atoms with E-state index in [1.165, 1.54) is 12.1 Å². The Morgan fingerprint density at radius 3 is 1.89 bits per heavy atom. The molecule has 13 heteroatoms. The number of benzene rings is 1. The molecule has 0 saturated carbocycles. The van der Waals surface area contributed by atoms with Gasteiger partial charge in [0.15, 0.2) is 0 Å². The van der Waals surface area contributed by atoms with Crippen LogP contribution >= 0.6 is 0 Å². The van der Waals surface area contributed by atoms with Crippen molar-refractivity contribution in [3.05, 3.63) is 29.8 Å². The van der Waals surface area contributed by atoms with Crippen molar-refractivity contribution in [3.63, 3.8) is 0 Å². The zero-order valence-electron chi connectivity index (χ0n) is 21.7. The number of carboxylic acid groups (broad SMARTS) is 2. The van der Waals surface area contributed by atoms with E-state index in [2.05, 4.69) is 16.0 Å². The molecule has 0 bridgehead atoms. The molecule has 3 amide bonds. The maximum absolute atomic E-state index is 13.3. The van der Waals surface area contributed by atoms with Gasteiger partial charge in [0.1, 0.15) is 23.9 Å². The first-order valence-corrected chi connectivity index (χ1v) is 12.4. The van der Waals surface area contributed by atoms with Crippen LogP contribution in [0.15, 0.2) is 24.3 Å². The summed E-state index contributed by atoms with van der Waals surface area (Å²) in [6, 6.07) is 1.35. The first-order chi connectivity index (χ1) is 17.8. The summed E-state index contributed by atoms with van der Waals surface area (Å²) in [6.07, 6.45) is 0.319. The average molecular weight is 538 g/mol. The van der Waals surface area contributed by atoms with Gasteiger partial charge in [0.2, 0.25) is 17.7 Å². The lowest BCUT2D eigenvalue weighted by atomic mass is 10.0. The smallest absolute Gasteiger partial charge is 0.326 e. The van der Waals surface area contributed by atoms with E-state index >= 15 is 0 Å². The lowest BCUT2D eigenvalue weighted by Gasteiger charge is -2.26. The molecule has 0 saturated heterocycles. The number of carboxylic acids is 2. The molecule has 0 heterocycles. The van der Waals surface area contributed by atoms with E-state index < -0.39 is 60.2 Å². The van der Waals surface area contributed by atoms with Crippen LogP contribution in [-0.4, -0.2) is 75.7 Å². The fourth-order valence-corrected chi connectivity index (χ4v) is 3.48. The van der Waals surface area contributed by atoms with Gasteiger partial charge in [-0.3, -0.25) is 19.2 Å². The molecule has 0 aliphatic heterocycles. The van der Waals surface area contributed by atoms with Crippen molar-refractivity contribution >= 4 is 29.7 Å². The Labute approximate surface area is 221 Å². The summed E-state index contributed by atoms with van der Waals surface area (Å²) >= 11 is 0. The first kappa shape index (κ1) is 32.3. The van der Waals surface area contributed by atoms with Crippen molar-refractivity contribution in [1.29, 1.82) is 0 Å². The van der Waals surface area contributed by atoms with Crippen molar-refractivity contribution in [2.75, 3.05) is 6.54 Å². The lowest BCUT2D eigenvalue weighted by molar-refractivity contribution is -0.143. The number of hydrogen-bond donors (Lipinski definition) is 8. The topological polar surface area (TPSA) is 234 Å². The van der Waals surface area contributed by atoms with Crippen LogP contribution in [0.1, 0.15) is 51.5 Å². The number of nitrogens with two attached hydrogens (primary N) is 2. The number of unbranched alkanes of at least 4 members (excludes halogenated alkanes) is 1. The molecule has 0 spiro atoms. The van der Waals surface area contributed by atoms with E-state index in [1.807, 2.05) is 0 Å². The SMILES string of the molecule is CC(C)C(N)C(=O)NC(Cc1ccc(O)cc1)C(=O)NC(CCCCN)C(=O)NC(CCC(=O)O)C(=O)O. The second kappa shape index (κ2) is 16.2. The summed E-state index contributed by atoms with van der Waals surface area (Å²) in [7, 11) is 0. The molecule has 0 aromatic heterocycles. The van der Waals surface area contributed by atoms with Gasteiger partial charge < -0.3 is 42.7 Å². The number of carbonyl (C=O) groups excluding carboxylic acids is 3. The average Bonchev–Trinajstić information content (AvgIpc) is 2.85. The van der Waals surface area contributed by atoms with Crippen LogP contribution in [0.4, 0.5) is 0 Å². The van der Waals surface area contributed by atoms with Gasteiger partial charge in [-0.2, -0.15) is 0 Å². The summed E-state index contributed by atoms with van der Waals surface area (Å²) < 4.78 is 0. The van der Waals surface area contributed by atoms with E-state index in [0.717, 1.165) is 0 Å². The molecular weight excluding hydrogens is 498 g/mol. The number of carbonyl (C=O) groups is 5. The van der Waals surface area contributed by atoms with E-state index in [1.54, 1.807) is 26.0 Å². The highest BCUT2D eigenvalue weighted by atomic mass is 16.4. The number of aliphatic carboxylic acids is 2. The van der Waals surface area contributed by atoms with Gasteiger partial charge >= 0.3 is 11.9 Å². The Balaban J connectivity index is 3.13. The summed E-state index contributed by atoms with van der Waals surface area (Å²) in [5.74, 6) is -4.89. The highest BCUT2D eigenvalue weighted by molar-refractivity contribution is 5.94. The molecular formula is C25H39N5O8. The third kappa shape index (κ3) is 11.6. The van der Waals surface area contributed by atoms with Crippen molar-refractivity contribution in [2.45, 2.75) is 76.5 Å². The predicted octanol–water partition coefficient (Wildman–Crippen LogP) is -0.549. The van der Waals surface area contributed by atoms with Crippen LogP contribution in [-0.2, 0) is 30.4 Å². The normalized spacial score (nSPS) is 14.1. The van der Waals surface area contributed by atoms with Gasteiger partial charge in [0, 0.05) is 12.8 Å². The first-order valence-electron chi connectivity index (χ1n) is 12.4. The molecule has 0 fully saturated rings. The molecule has 10 N–H and O–H groups in total. The highest BCUT2D eigenvalue weighted by Crippen LogP contribution is 2.13. The fraction of sp³-hybridized carbons (Fsp3) is 0.560. The van der Waals surface area contributed by atoms with Crippen molar-refractivity contribution in [3.8, 4) is 5.75 Å². The molecule has 1 aromatic rings. The maximum Gasteiger partial charge on any atom is 0.326 e. The van der Waals surface area contributed by atoms with Gasteiger partial charge in [-0.25, -0.2) is 4.79 Å². The minimum absolute atomic E-state index is 0.0214. The van der Waals surface area contributed by atoms with Crippen LogP contribution < -0.4 is 27.4 Å². The van der Waals surface area contributed by atoms with E-state index in [9.17, 15) is 34.2 Å². The minimum Gasteiger partial charge on any atom is -0.508 e. The maximum atomic E-state index is 13.3. The monoisotopic (exact) mass is 537 g/mol. The molecule has 38 heavy (non-hydrogen) atoms. The number of phenols is 1. The molecule has 1 rings (SSSR count). The number of aromatic hydroxyl groups is 1. The summed E-state index contributed by atoms with van der Waals surface area (Å²) in [5.41, 5.74) is 12.1. The molecule has 4 unspecified atom stereocenters. The fourth-order valence-electron chi connectivity index (χ4n) is 3.48. The van der Waals surface area contributed by atoms with Crippen LogP contribution in [0.25, 0.3) is 0 Å². The number of hydrogen-bond acceptors (Lipinski definition) is 8. The largest absolute Gasteiger partial charge is 0.508 e. The van der Waals surface area contributed by atoms with Crippen LogP contribution in [0.2, 0.25) is 0 Å². The zero-order valence-corrected chi connectivity index (χ0v) is 21.7. The Hall–Kier alpha value is -3.71. The van der Waals surface area contributed by atoms with Crippen LogP contribution in [0.5, 0.6) is 5.75 Å². The molecule has 4 atom stereocenters. The molecule has 0 radical (unpaired) electrons. The van der Waals surface area contributed by atoms with Gasteiger partial charge in [0.25, 0.3) is 0 Å². The van der Waals surface area contributed by atoms with Crippen LogP contribution in [0, 0.1) is 5.92 Å². The van der Waals surface area contributed by atoms with Gasteiger partial charge in [0.05, 0.1) is 6.04 Å². The van der Waals surface area contributed by atoms with Gasteiger partial charge in [-0.1, -0.05) is 26.0 Å². The van der Waals surface area contributed by atoms with Crippen LogP contribution in [0.3, 0.4) is 0 Å². The molecule has 0 aliphatic rings. The van der Waals surface area contributed by atoms with Gasteiger partial charge in [-0.05, 0) is 55.8 Å². The minimum atomic E-state index is -1.47. The second-order valence-electron chi connectivity index (χ2n) is 9.38. The van der Waals surface area contributed by atoms with Crippen molar-refractivity contribution < 1.29 is 39.3 Å². The molecule has 212 valence electrons. The lowest BCUT2D eigenvalue weighted by Crippen LogP contribution is -2.58. The second-order valence-corrected chi connectivity index (χ2v) is 9.38. The van der Waals surface area contributed by atoms with Gasteiger partial charge in [-0.15, -0.1) is 0 Å². The molecule has 1 aromatic carbocycles. The number of rotatable bonds is 17. The van der Waals surface area contributed by atoms with Crippen molar-refractivity contribution in [2.24, 2.45) is 17.4 Å².